The van der Waals surface area contributed by atoms with E-state index in [2.05, 4.69) is 20.6 Å². The zero-order valence-electron chi connectivity index (χ0n) is 20.7. The molecule has 0 spiro atoms. The monoisotopic (exact) mass is 505 g/mol. The fraction of sp³-hybridized carbons (Fsp3) is 0.462. The van der Waals surface area contributed by atoms with Gasteiger partial charge in [-0.05, 0) is 37.3 Å². The summed E-state index contributed by atoms with van der Waals surface area (Å²) in [7, 11) is 0. The van der Waals surface area contributed by atoms with Gasteiger partial charge in [0.1, 0.15) is 29.5 Å². The van der Waals surface area contributed by atoms with Crippen LogP contribution >= 0.6 is 0 Å². The van der Waals surface area contributed by atoms with Gasteiger partial charge < -0.3 is 15.8 Å². The van der Waals surface area contributed by atoms with Gasteiger partial charge in [0, 0.05) is 37.5 Å². The number of ether oxygens (including phenoxy) is 1. The van der Waals surface area contributed by atoms with Crippen molar-refractivity contribution in [1.29, 1.82) is 5.26 Å². The van der Waals surface area contributed by atoms with Crippen molar-refractivity contribution in [3.8, 4) is 6.07 Å². The van der Waals surface area contributed by atoms with Crippen LogP contribution in [0.15, 0.2) is 18.3 Å². The van der Waals surface area contributed by atoms with Gasteiger partial charge in [-0.2, -0.15) is 5.26 Å². The maximum absolute atomic E-state index is 12.9. The SMILES string of the molecule is C1CCC1.N#Cc1cnc(NC(=O)N2CCCc3cc(CNC(=O)C4CCCO4)c(C=O)nc32)cc1N. The minimum absolute atomic E-state index is 0.147. The van der Waals surface area contributed by atoms with Gasteiger partial charge in [-0.25, -0.2) is 14.8 Å². The summed E-state index contributed by atoms with van der Waals surface area (Å²) in [5.41, 5.74) is 7.75. The van der Waals surface area contributed by atoms with E-state index in [1.807, 2.05) is 6.07 Å². The average Bonchev–Trinajstić information content (AvgIpc) is 3.40. The number of rotatable bonds is 5. The quantitative estimate of drug-likeness (QED) is 0.522. The minimum atomic E-state index is -0.476. The predicted octanol–water partition coefficient (Wildman–Crippen LogP) is 3.08. The van der Waals surface area contributed by atoms with Crippen molar-refractivity contribution in [3.05, 3.63) is 40.7 Å². The third-order valence-electron chi connectivity index (χ3n) is 6.60. The number of amides is 3. The summed E-state index contributed by atoms with van der Waals surface area (Å²) in [4.78, 5) is 46.8. The second-order valence-corrected chi connectivity index (χ2v) is 9.22. The number of aromatic nitrogens is 2. The van der Waals surface area contributed by atoms with Crippen molar-refractivity contribution in [2.24, 2.45) is 0 Å². The number of nitrogens with one attached hydrogen (secondary N) is 2. The average molecular weight is 506 g/mol. The Morgan fingerprint density at radius 3 is 2.62 bits per heavy atom. The molecule has 11 heteroatoms. The topological polar surface area (TPSA) is 163 Å². The highest BCUT2D eigenvalue weighted by Gasteiger charge is 2.27. The first kappa shape index (κ1) is 26.0. The molecule has 11 nitrogen and oxygen atoms in total. The molecule has 4 N–H and O–H groups in total. The van der Waals surface area contributed by atoms with Gasteiger partial charge in [0.05, 0.1) is 11.3 Å². The van der Waals surface area contributed by atoms with Gasteiger partial charge in [-0.1, -0.05) is 25.7 Å². The zero-order chi connectivity index (χ0) is 26.2. The fourth-order valence-corrected chi connectivity index (χ4v) is 4.14. The lowest BCUT2D eigenvalue weighted by Crippen LogP contribution is -2.40. The molecular formula is C26H31N7O4. The van der Waals surface area contributed by atoms with Crippen LogP contribution in [0, 0.1) is 11.3 Å². The van der Waals surface area contributed by atoms with Crippen molar-refractivity contribution >= 4 is 35.5 Å². The number of fused-ring (bicyclic) bond motifs is 1. The molecule has 1 atom stereocenters. The van der Waals surface area contributed by atoms with Gasteiger partial charge in [0.15, 0.2) is 6.29 Å². The van der Waals surface area contributed by atoms with Crippen molar-refractivity contribution < 1.29 is 19.1 Å². The molecule has 2 aliphatic heterocycles. The molecule has 2 aromatic rings. The van der Waals surface area contributed by atoms with E-state index in [4.69, 9.17) is 15.7 Å². The summed E-state index contributed by atoms with van der Waals surface area (Å²) in [6.07, 6.45) is 10.3. The lowest BCUT2D eigenvalue weighted by atomic mass is 10.0. The Labute approximate surface area is 215 Å². The second kappa shape index (κ2) is 12.3. The van der Waals surface area contributed by atoms with Crippen LogP contribution in [0.1, 0.15) is 72.1 Å². The van der Waals surface area contributed by atoms with Crippen LogP contribution in [-0.4, -0.2) is 47.4 Å². The van der Waals surface area contributed by atoms with Gasteiger partial charge >= 0.3 is 6.03 Å². The number of hydrogen-bond acceptors (Lipinski definition) is 8. The Bertz CT molecular complexity index is 1200. The molecule has 194 valence electrons. The molecule has 2 aromatic heterocycles. The second-order valence-electron chi connectivity index (χ2n) is 9.22. The molecule has 1 unspecified atom stereocenters. The van der Waals surface area contributed by atoms with Gasteiger partial charge in [0.2, 0.25) is 5.91 Å². The number of pyridine rings is 2. The van der Waals surface area contributed by atoms with Crippen LogP contribution in [0.3, 0.4) is 0 Å². The van der Waals surface area contributed by atoms with Crippen LogP contribution in [0.25, 0.3) is 0 Å². The van der Waals surface area contributed by atoms with E-state index in [0.29, 0.717) is 50.1 Å². The molecule has 1 saturated heterocycles. The number of aryl methyl sites for hydroxylation is 1. The van der Waals surface area contributed by atoms with E-state index in [-0.39, 0.29) is 35.2 Å². The third kappa shape index (κ3) is 6.40. The van der Waals surface area contributed by atoms with Crippen molar-refractivity contribution in [2.45, 2.75) is 64.0 Å². The van der Waals surface area contributed by atoms with E-state index in [1.165, 1.54) is 42.8 Å². The Balaban J connectivity index is 0.000000730. The molecule has 0 bridgehead atoms. The highest BCUT2D eigenvalue weighted by atomic mass is 16.5. The highest BCUT2D eigenvalue weighted by molar-refractivity contribution is 6.01. The molecule has 37 heavy (non-hydrogen) atoms. The van der Waals surface area contributed by atoms with Crippen LogP contribution in [0.2, 0.25) is 0 Å². The standard InChI is InChI=1S/C22H23N7O4.C4H8/c23-9-15-11-25-19(8-16(15)24)28-22(32)29-5-1-3-13-7-14(17(12-30)27-20(13)29)10-26-21(31)18-4-2-6-33-18;1-2-4-3-1/h7-8,11-12,18H,1-6,10H2,(H,26,31)(H3,24,25,28,32);1-4H2. The first-order valence-corrected chi connectivity index (χ1v) is 12.6. The maximum atomic E-state index is 12.9. The number of aldehydes is 1. The predicted molar refractivity (Wildman–Crippen MR) is 137 cm³/mol. The molecular weight excluding hydrogens is 474 g/mol. The number of nitrogens with two attached hydrogens (primary N) is 1. The first-order chi connectivity index (χ1) is 18.0. The number of carbonyl (C=O) groups is 3. The highest BCUT2D eigenvalue weighted by Crippen LogP contribution is 2.28. The number of nitrogens with zero attached hydrogens (tertiary/aromatic N) is 4. The van der Waals surface area contributed by atoms with Gasteiger partial charge in [0.25, 0.3) is 0 Å². The van der Waals surface area contributed by atoms with Crippen LogP contribution < -0.4 is 21.3 Å². The number of nitrogen functional groups attached to an aromatic ring is 1. The number of anilines is 3. The molecule has 2 fully saturated rings. The zero-order valence-corrected chi connectivity index (χ0v) is 20.7. The van der Waals surface area contributed by atoms with Gasteiger partial charge in [-0.3, -0.25) is 19.8 Å². The number of urea groups is 1. The van der Waals surface area contributed by atoms with Crippen LogP contribution in [0.4, 0.5) is 22.1 Å². The molecule has 1 saturated carbocycles. The first-order valence-electron chi connectivity index (χ1n) is 12.6. The van der Waals surface area contributed by atoms with Crippen molar-refractivity contribution in [3.63, 3.8) is 0 Å². The Morgan fingerprint density at radius 2 is 2.00 bits per heavy atom. The lowest BCUT2D eigenvalue weighted by Gasteiger charge is -2.29. The minimum Gasteiger partial charge on any atom is -0.398 e. The molecule has 0 aromatic carbocycles. The molecule has 5 rings (SSSR count). The summed E-state index contributed by atoms with van der Waals surface area (Å²) in [6, 6.07) is 4.65. The van der Waals surface area contributed by atoms with Crippen molar-refractivity contribution in [1.82, 2.24) is 15.3 Å². The smallest absolute Gasteiger partial charge is 0.328 e. The fourth-order valence-electron chi connectivity index (χ4n) is 4.14. The van der Waals surface area contributed by atoms with E-state index in [9.17, 15) is 14.4 Å². The summed E-state index contributed by atoms with van der Waals surface area (Å²) in [6.45, 7) is 1.12. The Hall–Kier alpha value is -4.04. The Morgan fingerprint density at radius 1 is 1.22 bits per heavy atom. The number of nitriles is 1. The molecule has 1 aliphatic carbocycles. The summed E-state index contributed by atoms with van der Waals surface area (Å²) in [5.74, 6) is 0.377. The number of hydrogen-bond donors (Lipinski definition) is 3. The van der Waals surface area contributed by atoms with Gasteiger partial charge in [-0.15, -0.1) is 0 Å². The van der Waals surface area contributed by atoms with E-state index >= 15 is 0 Å². The van der Waals surface area contributed by atoms with Crippen LogP contribution in [0.5, 0.6) is 0 Å². The lowest BCUT2D eigenvalue weighted by molar-refractivity contribution is -0.130. The molecule has 0 radical (unpaired) electrons. The molecule has 3 aliphatic rings. The summed E-state index contributed by atoms with van der Waals surface area (Å²) >= 11 is 0. The van der Waals surface area contributed by atoms with E-state index < -0.39 is 12.1 Å². The number of carbonyl (C=O) groups excluding carboxylic acids is 3. The molecule has 3 amide bonds. The van der Waals surface area contributed by atoms with Crippen molar-refractivity contribution in [2.75, 3.05) is 29.1 Å². The summed E-state index contributed by atoms with van der Waals surface area (Å²) in [5, 5.41) is 14.4. The van der Waals surface area contributed by atoms with E-state index in [0.717, 1.165) is 12.0 Å². The third-order valence-corrected chi connectivity index (χ3v) is 6.60. The maximum Gasteiger partial charge on any atom is 0.328 e. The summed E-state index contributed by atoms with van der Waals surface area (Å²) < 4.78 is 5.38. The van der Waals surface area contributed by atoms with Crippen LogP contribution in [-0.2, 0) is 22.5 Å². The molecule has 4 heterocycles. The normalized spacial score (nSPS) is 17.8. The largest absolute Gasteiger partial charge is 0.398 e. The Kier molecular flexibility index (Phi) is 8.64. The van der Waals surface area contributed by atoms with E-state index in [1.54, 1.807) is 6.07 Å².